The van der Waals surface area contributed by atoms with Crippen molar-refractivity contribution >= 4 is 34.5 Å². The van der Waals surface area contributed by atoms with Crippen molar-refractivity contribution in [1.29, 1.82) is 0 Å². The molecular weight excluding hydrogens is 368 g/mol. The molecule has 5 nitrogen and oxygen atoms in total. The van der Waals surface area contributed by atoms with Crippen LogP contribution in [0.1, 0.15) is 34.0 Å². The lowest BCUT2D eigenvalue weighted by atomic mass is 9.82. The molecule has 7 heteroatoms. The van der Waals surface area contributed by atoms with Gasteiger partial charge in [0.2, 0.25) is 0 Å². The van der Waals surface area contributed by atoms with Gasteiger partial charge in [0.15, 0.2) is 11.6 Å². The molecule has 0 radical (unpaired) electrons. The van der Waals surface area contributed by atoms with Gasteiger partial charge in [0.05, 0.1) is 16.1 Å². The van der Waals surface area contributed by atoms with Gasteiger partial charge < -0.3 is 0 Å². The third-order valence-corrected chi connectivity index (χ3v) is 5.80. The molecule has 0 saturated heterocycles. The predicted molar refractivity (Wildman–Crippen MR) is 101 cm³/mol. The van der Waals surface area contributed by atoms with Crippen molar-refractivity contribution in [3.8, 4) is 10.7 Å². The fourth-order valence-corrected chi connectivity index (χ4v) is 4.31. The quantitative estimate of drug-likeness (QED) is 0.516. The number of ketones is 1. The molecule has 3 heterocycles. The Balaban J connectivity index is 1.63. The van der Waals surface area contributed by atoms with Crippen molar-refractivity contribution in [1.82, 2.24) is 19.6 Å². The normalized spacial score (nSPS) is 16.8. The first-order valence-corrected chi connectivity index (χ1v) is 9.52. The van der Waals surface area contributed by atoms with Gasteiger partial charge in [0, 0.05) is 17.6 Å². The van der Waals surface area contributed by atoms with Crippen molar-refractivity contribution in [2.45, 2.75) is 18.8 Å². The van der Waals surface area contributed by atoms with E-state index in [0.717, 1.165) is 16.1 Å². The van der Waals surface area contributed by atoms with Crippen LogP contribution in [0.4, 0.5) is 0 Å². The molecule has 0 bridgehead atoms. The summed E-state index contributed by atoms with van der Waals surface area (Å²) < 4.78 is 1.72. The number of Topliss-reactive ketones (excluding diaryl/α,β-unsaturated/α-hetero) is 1. The molecule has 0 saturated carbocycles. The first-order valence-electron chi connectivity index (χ1n) is 8.26. The van der Waals surface area contributed by atoms with Crippen LogP contribution in [0.5, 0.6) is 0 Å². The number of aromatic nitrogens is 4. The zero-order valence-electron chi connectivity index (χ0n) is 13.6. The summed E-state index contributed by atoms with van der Waals surface area (Å²) in [6.07, 6.45) is 2.79. The van der Waals surface area contributed by atoms with Crippen molar-refractivity contribution in [2.24, 2.45) is 0 Å². The fraction of sp³-hybridized carbons (Fsp3) is 0.158. The van der Waals surface area contributed by atoms with Crippen LogP contribution in [0.15, 0.2) is 48.0 Å². The van der Waals surface area contributed by atoms with E-state index in [2.05, 4.69) is 15.1 Å². The van der Waals surface area contributed by atoms with Crippen LogP contribution in [0, 0.1) is 0 Å². The van der Waals surface area contributed by atoms with Crippen LogP contribution in [0.25, 0.3) is 16.5 Å². The number of fused-ring (bicyclic) bond motifs is 3. The van der Waals surface area contributed by atoms with Crippen molar-refractivity contribution < 1.29 is 4.79 Å². The molecule has 128 valence electrons. The smallest absolute Gasteiger partial charge is 0.253 e. The number of hydrogen-bond donors (Lipinski definition) is 0. The number of hydrogen-bond acceptors (Lipinski definition) is 5. The molecular formula is C19H13ClN4OS. The molecule has 0 aliphatic heterocycles. The van der Waals surface area contributed by atoms with E-state index >= 15 is 0 Å². The van der Waals surface area contributed by atoms with E-state index < -0.39 is 0 Å². The highest BCUT2D eigenvalue weighted by atomic mass is 35.5. The molecule has 1 atom stereocenters. The standard InChI is InChI=1S/C19H13ClN4OS/c20-13-4-1-3-11(7-13)12-8-15-14(16(25)9-12)10-21-19-22-18(23-24(15)19)17-5-2-6-26-17/h1-7,10,12H,8-9H2. The zero-order valence-corrected chi connectivity index (χ0v) is 15.2. The molecule has 26 heavy (non-hydrogen) atoms. The van der Waals surface area contributed by atoms with Gasteiger partial charge in [-0.1, -0.05) is 29.8 Å². The largest absolute Gasteiger partial charge is 0.294 e. The highest BCUT2D eigenvalue weighted by molar-refractivity contribution is 7.13. The number of carbonyl (C=O) groups excluding carboxylic acids is 1. The number of benzene rings is 1. The summed E-state index contributed by atoms with van der Waals surface area (Å²) in [4.78, 5) is 22.5. The summed E-state index contributed by atoms with van der Waals surface area (Å²) in [6.45, 7) is 0. The lowest BCUT2D eigenvalue weighted by molar-refractivity contribution is 0.0962. The molecule has 0 amide bonds. The van der Waals surface area contributed by atoms with E-state index in [4.69, 9.17) is 11.6 Å². The van der Waals surface area contributed by atoms with Gasteiger partial charge >= 0.3 is 0 Å². The predicted octanol–water partition coefficient (Wildman–Crippen LogP) is 4.42. The highest BCUT2D eigenvalue weighted by Crippen LogP contribution is 2.34. The van der Waals surface area contributed by atoms with E-state index in [1.54, 1.807) is 22.0 Å². The van der Waals surface area contributed by atoms with E-state index in [9.17, 15) is 4.79 Å². The Kier molecular flexibility index (Phi) is 3.62. The maximum absolute atomic E-state index is 12.7. The molecule has 1 aliphatic rings. The Hall–Kier alpha value is -2.57. The number of rotatable bonds is 2. The minimum absolute atomic E-state index is 0.0775. The van der Waals surface area contributed by atoms with E-state index in [0.29, 0.717) is 35.0 Å². The Morgan fingerprint density at radius 2 is 2.12 bits per heavy atom. The van der Waals surface area contributed by atoms with Crippen LogP contribution >= 0.6 is 22.9 Å². The Bertz CT molecular complexity index is 1140. The van der Waals surface area contributed by atoms with Crippen molar-refractivity contribution in [2.75, 3.05) is 0 Å². The zero-order chi connectivity index (χ0) is 17.7. The fourth-order valence-electron chi connectivity index (χ4n) is 3.45. The van der Waals surface area contributed by atoms with Gasteiger partial charge in [-0.05, 0) is 41.5 Å². The summed E-state index contributed by atoms with van der Waals surface area (Å²) in [5.74, 6) is 1.32. The number of nitrogens with zero attached hydrogens (tertiary/aromatic N) is 4. The van der Waals surface area contributed by atoms with E-state index in [-0.39, 0.29) is 11.7 Å². The second-order valence-corrected chi connectivity index (χ2v) is 7.71. The van der Waals surface area contributed by atoms with Crippen LogP contribution in [-0.2, 0) is 6.42 Å². The summed E-state index contributed by atoms with van der Waals surface area (Å²) in [6, 6.07) is 11.7. The Morgan fingerprint density at radius 1 is 1.19 bits per heavy atom. The molecule has 0 N–H and O–H groups in total. The minimum Gasteiger partial charge on any atom is -0.294 e. The molecule has 0 fully saturated rings. The van der Waals surface area contributed by atoms with Crippen molar-refractivity contribution in [3.05, 3.63) is 69.8 Å². The number of halogens is 1. The van der Waals surface area contributed by atoms with Gasteiger partial charge in [0.1, 0.15) is 0 Å². The SMILES string of the molecule is O=C1CC(c2cccc(Cl)c2)Cc2c1cnc1nc(-c3cccs3)nn21. The summed E-state index contributed by atoms with van der Waals surface area (Å²) in [5.41, 5.74) is 2.57. The van der Waals surface area contributed by atoms with Crippen LogP contribution < -0.4 is 0 Å². The average Bonchev–Trinajstić information content (AvgIpc) is 3.31. The summed E-state index contributed by atoms with van der Waals surface area (Å²) >= 11 is 7.72. The second-order valence-electron chi connectivity index (χ2n) is 6.33. The second kappa shape index (κ2) is 6.00. The lowest BCUT2D eigenvalue weighted by Gasteiger charge is -2.24. The van der Waals surface area contributed by atoms with Gasteiger partial charge in [0.25, 0.3) is 5.78 Å². The molecule has 1 aliphatic carbocycles. The van der Waals surface area contributed by atoms with E-state index in [1.165, 1.54) is 0 Å². The van der Waals surface area contributed by atoms with Gasteiger partial charge in [-0.3, -0.25) is 4.79 Å². The van der Waals surface area contributed by atoms with Crippen molar-refractivity contribution in [3.63, 3.8) is 0 Å². The van der Waals surface area contributed by atoms with Crippen LogP contribution in [0.3, 0.4) is 0 Å². The van der Waals surface area contributed by atoms with Gasteiger partial charge in [-0.15, -0.1) is 16.4 Å². The molecule has 0 spiro atoms. The maximum atomic E-state index is 12.7. The lowest BCUT2D eigenvalue weighted by Crippen LogP contribution is -2.22. The monoisotopic (exact) mass is 380 g/mol. The Labute approximate surface area is 158 Å². The molecule has 1 unspecified atom stereocenters. The van der Waals surface area contributed by atoms with E-state index in [1.807, 2.05) is 41.8 Å². The topological polar surface area (TPSA) is 60.2 Å². The van der Waals surface area contributed by atoms with Crippen LogP contribution in [-0.4, -0.2) is 25.4 Å². The molecule has 5 rings (SSSR count). The molecule has 4 aromatic rings. The minimum atomic E-state index is 0.0775. The highest BCUT2D eigenvalue weighted by Gasteiger charge is 2.29. The molecule has 1 aromatic carbocycles. The first-order chi connectivity index (χ1) is 12.7. The maximum Gasteiger partial charge on any atom is 0.253 e. The Morgan fingerprint density at radius 3 is 2.92 bits per heavy atom. The molecule has 3 aromatic heterocycles. The number of thiophene rings is 1. The summed E-state index contributed by atoms with van der Waals surface area (Å²) in [5, 5.41) is 7.29. The average molecular weight is 381 g/mol. The summed E-state index contributed by atoms with van der Waals surface area (Å²) in [7, 11) is 0. The first kappa shape index (κ1) is 15.7. The van der Waals surface area contributed by atoms with Gasteiger partial charge in [-0.25, -0.2) is 4.98 Å². The third kappa shape index (κ3) is 2.53. The number of carbonyl (C=O) groups is 1. The van der Waals surface area contributed by atoms with Gasteiger partial charge in [-0.2, -0.15) is 9.50 Å². The van der Waals surface area contributed by atoms with Crippen LogP contribution in [0.2, 0.25) is 5.02 Å². The third-order valence-electron chi connectivity index (χ3n) is 4.70.